The molecular weight excluding hydrogens is 397 g/mol. The molecule has 3 heterocycles. The molecule has 2 aliphatic heterocycles. The van der Waals surface area contributed by atoms with Crippen molar-refractivity contribution in [1.82, 2.24) is 19.9 Å². The maximum absolute atomic E-state index is 13.0. The minimum Gasteiger partial charge on any atom is -0.338 e. The Kier molecular flexibility index (Phi) is 5.57. The molecule has 6 nitrogen and oxygen atoms in total. The van der Waals surface area contributed by atoms with Crippen molar-refractivity contribution in [3.8, 4) is 11.4 Å². The third-order valence-electron chi connectivity index (χ3n) is 6.23. The molecule has 30 heavy (non-hydrogen) atoms. The second-order valence-electron chi connectivity index (χ2n) is 8.08. The van der Waals surface area contributed by atoms with Gasteiger partial charge < -0.3 is 9.42 Å². The fraction of sp³-hybridized carbons (Fsp3) is 0.571. The summed E-state index contributed by atoms with van der Waals surface area (Å²) in [6, 6.07) is 5.14. The zero-order valence-corrected chi connectivity index (χ0v) is 17.0. The van der Waals surface area contributed by atoms with E-state index in [1.807, 2.05) is 11.8 Å². The lowest BCUT2D eigenvalue weighted by molar-refractivity contribution is -0.137. The number of amides is 1. The van der Waals surface area contributed by atoms with E-state index in [1.54, 1.807) is 6.92 Å². The first-order valence-electron chi connectivity index (χ1n) is 10.3. The van der Waals surface area contributed by atoms with Crippen molar-refractivity contribution < 1.29 is 22.5 Å². The average Bonchev–Trinajstić information content (AvgIpc) is 3.46. The normalized spacial score (nSPS) is 23.8. The van der Waals surface area contributed by atoms with E-state index in [0.29, 0.717) is 5.89 Å². The highest BCUT2D eigenvalue weighted by Crippen LogP contribution is 2.36. The number of hydrogen-bond acceptors (Lipinski definition) is 5. The van der Waals surface area contributed by atoms with Crippen LogP contribution in [0, 0.1) is 0 Å². The molecule has 4 rings (SSSR count). The fourth-order valence-corrected chi connectivity index (χ4v) is 4.79. The largest absolute Gasteiger partial charge is 0.416 e. The van der Waals surface area contributed by atoms with Gasteiger partial charge in [0.05, 0.1) is 11.6 Å². The van der Waals surface area contributed by atoms with Gasteiger partial charge in [-0.3, -0.25) is 9.69 Å². The van der Waals surface area contributed by atoms with Crippen LogP contribution in [-0.2, 0) is 11.0 Å². The number of aromatic nitrogens is 2. The van der Waals surface area contributed by atoms with E-state index in [1.165, 1.54) is 12.1 Å². The number of benzene rings is 1. The second-order valence-corrected chi connectivity index (χ2v) is 8.08. The van der Waals surface area contributed by atoms with E-state index >= 15 is 0 Å². The van der Waals surface area contributed by atoms with Gasteiger partial charge in [0.25, 0.3) is 0 Å². The van der Waals surface area contributed by atoms with Crippen molar-refractivity contribution in [2.45, 2.75) is 63.8 Å². The van der Waals surface area contributed by atoms with Crippen LogP contribution >= 0.6 is 0 Å². The molecule has 0 spiro atoms. The number of rotatable bonds is 4. The van der Waals surface area contributed by atoms with Gasteiger partial charge in [-0.25, -0.2) is 0 Å². The van der Waals surface area contributed by atoms with Gasteiger partial charge in [0.15, 0.2) is 0 Å². The Bertz CT molecular complexity index is 914. The van der Waals surface area contributed by atoms with Gasteiger partial charge in [-0.05, 0) is 51.3 Å². The third kappa shape index (κ3) is 3.95. The van der Waals surface area contributed by atoms with Gasteiger partial charge in [-0.2, -0.15) is 18.2 Å². The van der Waals surface area contributed by atoms with Crippen molar-refractivity contribution in [3.63, 3.8) is 0 Å². The van der Waals surface area contributed by atoms with E-state index < -0.39 is 11.7 Å². The monoisotopic (exact) mass is 422 g/mol. The van der Waals surface area contributed by atoms with E-state index in [0.717, 1.165) is 50.9 Å². The molecule has 3 atom stereocenters. The minimum atomic E-state index is -4.43. The average molecular weight is 422 g/mol. The number of alkyl halides is 3. The maximum Gasteiger partial charge on any atom is 0.416 e. The summed E-state index contributed by atoms with van der Waals surface area (Å²) < 4.78 is 44.4. The van der Waals surface area contributed by atoms with Crippen LogP contribution in [0.2, 0.25) is 0 Å². The zero-order valence-electron chi connectivity index (χ0n) is 17.0. The van der Waals surface area contributed by atoms with E-state index in [-0.39, 0.29) is 35.4 Å². The van der Waals surface area contributed by atoms with Crippen molar-refractivity contribution >= 4 is 5.91 Å². The molecule has 0 N–H and O–H groups in total. The summed E-state index contributed by atoms with van der Waals surface area (Å²) in [5.74, 6) is 0.619. The van der Waals surface area contributed by atoms with E-state index in [9.17, 15) is 18.0 Å². The molecule has 0 radical (unpaired) electrons. The Hall–Kier alpha value is -2.42. The summed E-state index contributed by atoms with van der Waals surface area (Å²) in [7, 11) is 0. The van der Waals surface area contributed by atoms with Gasteiger partial charge in [-0.15, -0.1) is 0 Å². The van der Waals surface area contributed by atoms with Crippen molar-refractivity contribution in [1.29, 1.82) is 0 Å². The molecule has 0 bridgehead atoms. The van der Waals surface area contributed by atoms with E-state index in [2.05, 4.69) is 15.0 Å². The minimum absolute atomic E-state index is 0.0987. The summed E-state index contributed by atoms with van der Waals surface area (Å²) in [6.07, 6.45) is -0.433. The second kappa shape index (κ2) is 8.02. The summed E-state index contributed by atoms with van der Waals surface area (Å²) in [5, 5.41) is 3.92. The Morgan fingerprint density at radius 2 is 1.93 bits per heavy atom. The smallest absolute Gasteiger partial charge is 0.338 e. The lowest BCUT2D eigenvalue weighted by atomic mass is 10.0. The summed E-state index contributed by atoms with van der Waals surface area (Å²) in [6.45, 7) is 5.23. The molecule has 2 aromatic rings. The van der Waals surface area contributed by atoms with Crippen LogP contribution in [0.1, 0.15) is 57.0 Å². The van der Waals surface area contributed by atoms with Gasteiger partial charge in [-0.1, -0.05) is 17.3 Å². The first kappa shape index (κ1) is 20.8. The summed E-state index contributed by atoms with van der Waals surface area (Å²) >= 11 is 0. The molecule has 162 valence electrons. The molecule has 1 aromatic heterocycles. The Morgan fingerprint density at radius 1 is 1.20 bits per heavy atom. The molecule has 2 aliphatic rings. The van der Waals surface area contributed by atoms with Gasteiger partial charge in [0.2, 0.25) is 17.6 Å². The number of nitrogens with zero attached hydrogens (tertiary/aromatic N) is 4. The van der Waals surface area contributed by atoms with Crippen molar-refractivity contribution in [2.24, 2.45) is 0 Å². The maximum atomic E-state index is 13.0. The van der Waals surface area contributed by atoms with Crippen molar-refractivity contribution in [3.05, 3.63) is 35.7 Å². The first-order valence-corrected chi connectivity index (χ1v) is 10.3. The van der Waals surface area contributed by atoms with Crippen LogP contribution in [0.15, 0.2) is 28.8 Å². The molecular formula is C21H25F3N4O2. The molecule has 1 amide bonds. The Morgan fingerprint density at radius 3 is 2.67 bits per heavy atom. The highest BCUT2D eigenvalue weighted by atomic mass is 19.4. The SMILES string of the molecule is CC(=O)N1CCC[C@@H]1[C@@H]1CCCN1[C@H](C)c1nc(-c2cccc(C(F)(F)F)c2)no1. The number of likely N-dealkylation sites (tertiary alicyclic amines) is 2. The molecule has 0 aliphatic carbocycles. The highest BCUT2D eigenvalue weighted by Gasteiger charge is 2.41. The van der Waals surface area contributed by atoms with Crippen molar-refractivity contribution in [2.75, 3.05) is 13.1 Å². The predicted molar refractivity (Wildman–Crippen MR) is 103 cm³/mol. The Balaban J connectivity index is 1.54. The quantitative estimate of drug-likeness (QED) is 0.736. The van der Waals surface area contributed by atoms with Gasteiger partial charge in [0, 0.05) is 31.1 Å². The van der Waals surface area contributed by atoms with Crippen LogP contribution < -0.4 is 0 Å². The van der Waals surface area contributed by atoms with Gasteiger partial charge >= 0.3 is 6.18 Å². The molecule has 9 heteroatoms. The number of carbonyl (C=O) groups is 1. The summed E-state index contributed by atoms with van der Waals surface area (Å²) in [4.78, 5) is 20.6. The molecule has 0 saturated carbocycles. The van der Waals surface area contributed by atoms with Crippen LogP contribution in [-0.4, -0.2) is 51.0 Å². The topological polar surface area (TPSA) is 62.5 Å². The molecule has 1 aromatic carbocycles. The zero-order chi connectivity index (χ0) is 21.5. The standard InChI is InChI=1S/C21H25F3N4O2/c1-13(27-10-4-8-17(27)18-9-5-11-28(18)14(2)29)20-25-19(26-30-20)15-6-3-7-16(12-15)21(22,23)24/h3,6-7,12-13,17-18H,4-5,8-11H2,1-2H3/t13-,17+,18-/m1/s1. The fourth-order valence-electron chi connectivity index (χ4n) is 4.79. The van der Waals surface area contributed by atoms with Crippen LogP contribution in [0.5, 0.6) is 0 Å². The summed E-state index contributed by atoms with van der Waals surface area (Å²) in [5.41, 5.74) is -0.479. The lowest BCUT2D eigenvalue weighted by Crippen LogP contribution is -2.48. The number of hydrogen-bond donors (Lipinski definition) is 0. The Labute approximate surface area is 173 Å². The molecule has 0 unspecified atom stereocenters. The third-order valence-corrected chi connectivity index (χ3v) is 6.23. The molecule has 2 fully saturated rings. The van der Waals surface area contributed by atoms with Crippen LogP contribution in [0.4, 0.5) is 13.2 Å². The number of carbonyl (C=O) groups excluding carboxylic acids is 1. The predicted octanol–water partition coefficient (Wildman–Crippen LogP) is 4.29. The van der Waals surface area contributed by atoms with Crippen LogP contribution in [0.25, 0.3) is 11.4 Å². The number of halogens is 3. The highest BCUT2D eigenvalue weighted by molar-refractivity contribution is 5.74. The van der Waals surface area contributed by atoms with Gasteiger partial charge in [0.1, 0.15) is 0 Å². The first-order chi connectivity index (χ1) is 14.3. The van der Waals surface area contributed by atoms with E-state index in [4.69, 9.17) is 4.52 Å². The molecule has 2 saturated heterocycles. The van der Waals surface area contributed by atoms with Crippen LogP contribution in [0.3, 0.4) is 0 Å². The lowest BCUT2D eigenvalue weighted by Gasteiger charge is -2.36.